The van der Waals surface area contributed by atoms with Crippen molar-refractivity contribution in [2.24, 2.45) is 0 Å². The minimum Gasteiger partial charge on any atom is -0.449 e. The van der Waals surface area contributed by atoms with E-state index >= 15 is 0 Å². The normalized spacial score (nSPS) is 10.4. The molecule has 96 valence electrons. The number of unbranched alkanes of at least 4 members (excludes halogenated alkanes) is 5. The fraction of sp³-hybridized carbons (Fsp3) is 0.615. The average molecular weight is 256 g/mol. The second-order valence-corrected chi connectivity index (χ2v) is 5.24. The lowest BCUT2D eigenvalue weighted by Gasteiger charge is -1.99. The van der Waals surface area contributed by atoms with Crippen LogP contribution in [0.15, 0.2) is 12.1 Å². The molecule has 1 N–H and O–H groups in total. The van der Waals surface area contributed by atoms with Gasteiger partial charge in [-0.15, -0.1) is 11.3 Å². The zero-order valence-corrected chi connectivity index (χ0v) is 11.1. The topological polar surface area (TPSA) is 46.5 Å². The third kappa shape index (κ3) is 6.31. The Labute approximate surface area is 106 Å². The van der Waals surface area contributed by atoms with E-state index in [4.69, 9.17) is 5.11 Å². The second kappa shape index (κ2) is 8.12. The van der Waals surface area contributed by atoms with Crippen molar-refractivity contribution in [3.8, 4) is 5.06 Å². The first-order valence-electron chi connectivity index (χ1n) is 6.22. The summed E-state index contributed by atoms with van der Waals surface area (Å²) in [6.45, 7) is 2.22. The van der Waals surface area contributed by atoms with Crippen LogP contribution in [0.5, 0.6) is 5.06 Å². The van der Waals surface area contributed by atoms with E-state index in [9.17, 15) is 4.79 Å². The molecule has 1 rings (SSSR count). The van der Waals surface area contributed by atoms with Crippen molar-refractivity contribution >= 4 is 17.5 Å². The van der Waals surface area contributed by atoms with Gasteiger partial charge in [0.2, 0.25) is 0 Å². The highest BCUT2D eigenvalue weighted by atomic mass is 32.1. The molecule has 0 saturated carbocycles. The van der Waals surface area contributed by atoms with E-state index in [1.54, 1.807) is 6.07 Å². The summed E-state index contributed by atoms with van der Waals surface area (Å²) in [5.41, 5.74) is 0. The van der Waals surface area contributed by atoms with Crippen molar-refractivity contribution in [3.05, 3.63) is 17.0 Å². The molecule has 1 aromatic heterocycles. The summed E-state index contributed by atoms with van der Waals surface area (Å²) < 4.78 is 4.59. The van der Waals surface area contributed by atoms with Gasteiger partial charge in [-0.25, -0.2) is 4.79 Å². The summed E-state index contributed by atoms with van der Waals surface area (Å²) in [4.78, 5) is 11.5. The van der Waals surface area contributed by atoms with Crippen molar-refractivity contribution in [1.82, 2.24) is 0 Å². The fourth-order valence-corrected chi connectivity index (χ4v) is 2.60. The number of hydrogen-bond acceptors (Lipinski definition) is 3. The Kier molecular flexibility index (Phi) is 6.70. The first kappa shape index (κ1) is 14.0. The first-order chi connectivity index (χ1) is 8.22. The van der Waals surface area contributed by atoms with Gasteiger partial charge in [-0.3, -0.25) is 0 Å². The third-order valence-corrected chi connectivity index (χ3v) is 3.62. The van der Waals surface area contributed by atoms with E-state index in [0.29, 0.717) is 5.06 Å². The molecular weight excluding hydrogens is 236 g/mol. The monoisotopic (exact) mass is 256 g/mol. The van der Waals surface area contributed by atoms with Crippen molar-refractivity contribution in [3.63, 3.8) is 0 Å². The first-order valence-corrected chi connectivity index (χ1v) is 7.03. The van der Waals surface area contributed by atoms with Gasteiger partial charge in [0.15, 0.2) is 5.06 Å². The second-order valence-electron chi connectivity index (χ2n) is 4.11. The maximum Gasteiger partial charge on any atom is 0.512 e. The van der Waals surface area contributed by atoms with E-state index in [1.165, 1.54) is 54.7 Å². The molecule has 17 heavy (non-hydrogen) atoms. The van der Waals surface area contributed by atoms with E-state index in [1.807, 2.05) is 6.07 Å². The summed E-state index contributed by atoms with van der Waals surface area (Å²) >= 11 is 1.43. The summed E-state index contributed by atoms with van der Waals surface area (Å²) in [5, 5.41) is 8.93. The van der Waals surface area contributed by atoms with Gasteiger partial charge in [0, 0.05) is 4.88 Å². The standard InChI is InChI=1S/C13H20O3S/c1-2-3-4-5-6-7-8-11-9-10-12(17-11)16-13(14)15/h9-10H,2-8H2,1H3,(H,14,15). The minimum absolute atomic E-state index is 0.471. The zero-order valence-electron chi connectivity index (χ0n) is 10.3. The molecule has 1 heterocycles. The Balaban J connectivity index is 2.14. The third-order valence-electron chi connectivity index (χ3n) is 2.60. The number of carboxylic acid groups (broad SMARTS) is 1. The van der Waals surface area contributed by atoms with Gasteiger partial charge < -0.3 is 9.84 Å². The Morgan fingerprint density at radius 1 is 1.24 bits per heavy atom. The largest absolute Gasteiger partial charge is 0.512 e. The molecule has 0 aliphatic heterocycles. The number of thiophene rings is 1. The molecule has 0 unspecified atom stereocenters. The minimum atomic E-state index is -1.24. The van der Waals surface area contributed by atoms with E-state index in [2.05, 4.69) is 11.7 Å². The van der Waals surface area contributed by atoms with Crippen LogP contribution in [-0.4, -0.2) is 11.3 Å². The van der Waals surface area contributed by atoms with E-state index in [0.717, 1.165) is 6.42 Å². The van der Waals surface area contributed by atoms with Gasteiger partial charge >= 0.3 is 6.16 Å². The maximum absolute atomic E-state index is 10.3. The molecule has 0 fully saturated rings. The highest BCUT2D eigenvalue weighted by Gasteiger charge is 2.04. The SMILES string of the molecule is CCCCCCCCc1ccc(OC(=O)O)s1. The molecular formula is C13H20O3S. The predicted octanol–water partition coefficient (Wildman–Crippen LogP) is 4.71. The van der Waals surface area contributed by atoms with Crippen molar-refractivity contribution in [1.29, 1.82) is 0 Å². The summed E-state index contributed by atoms with van der Waals surface area (Å²) in [7, 11) is 0. The molecule has 0 bridgehead atoms. The average Bonchev–Trinajstić information content (AvgIpc) is 2.70. The molecule has 0 spiro atoms. The molecule has 0 aliphatic carbocycles. The molecule has 0 aliphatic rings. The lowest BCUT2D eigenvalue weighted by molar-refractivity contribution is 0.146. The Hall–Kier alpha value is -1.03. The van der Waals surface area contributed by atoms with Crippen LogP contribution in [0, 0.1) is 0 Å². The van der Waals surface area contributed by atoms with Crippen molar-refractivity contribution in [2.75, 3.05) is 0 Å². The predicted molar refractivity (Wildman–Crippen MR) is 70.1 cm³/mol. The molecule has 0 saturated heterocycles. The van der Waals surface area contributed by atoms with Crippen LogP contribution in [0.4, 0.5) is 4.79 Å². The quantitative estimate of drug-likeness (QED) is 0.541. The summed E-state index contributed by atoms with van der Waals surface area (Å²) in [6, 6.07) is 3.68. The lowest BCUT2D eigenvalue weighted by atomic mass is 10.1. The van der Waals surface area contributed by atoms with E-state index < -0.39 is 6.16 Å². The molecule has 1 aromatic rings. The van der Waals surface area contributed by atoms with Crippen LogP contribution in [-0.2, 0) is 6.42 Å². The maximum atomic E-state index is 10.3. The van der Waals surface area contributed by atoms with Crippen LogP contribution in [0.3, 0.4) is 0 Å². The highest BCUT2D eigenvalue weighted by molar-refractivity contribution is 7.13. The van der Waals surface area contributed by atoms with Crippen LogP contribution < -0.4 is 4.74 Å². The molecule has 0 atom stereocenters. The van der Waals surface area contributed by atoms with E-state index in [-0.39, 0.29) is 0 Å². The molecule has 0 aromatic carbocycles. The van der Waals surface area contributed by atoms with Crippen molar-refractivity contribution < 1.29 is 14.6 Å². The Morgan fingerprint density at radius 3 is 2.65 bits per heavy atom. The number of carbonyl (C=O) groups is 1. The van der Waals surface area contributed by atoms with Gasteiger partial charge in [0.05, 0.1) is 0 Å². The summed E-state index contributed by atoms with van der Waals surface area (Å²) in [5.74, 6) is 0. The van der Waals surface area contributed by atoms with Crippen LogP contribution >= 0.6 is 11.3 Å². The van der Waals surface area contributed by atoms with Crippen LogP contribution in [0.1, 0.15) is 50.3 Å². The van der Waals surface area contributed by atoms with Gasteiger partial charge in [-0.1, -0.05) is 39.0 Å². The van der Waals surface area contributed by atoms with Crippen LogP contribution in [0.25, 0.3) is 0 Å². The Bertz CT molecular complexity index is 333. The number of hydrogen-bond donors (Lipinski definition) is 1. The van der Waals surface area contributed by atoms with Gasteiger partial charge in [-0.2, -0.15) is 0 Å². The van der Waals surface area contributed by atoms with Crippen molar-refractivity contribution in [2.45, 2.75) is 51.9 Å². The molecule has 4 heteroatoms. The lowest BCUT2D eigenvalue weighted by Crippen LogP contribution is -2.00. The smallest absolute Gasteiger partial charge is 0.449 e. The molecule has 3 nitrogen and oxygen atoms in total. The number of rotatable bonds is 8. The Morgan fingerprint density at radius 2 is 1.94 bits per heavy atom. The molecule has 0 radical (unpaired) electrons. The number of aryl methyl sites for hydroxylation is 1. The van der Waals surface area contributed by atoms with Gasteiger partial charge in [-0.05, 0) is 25.0 Å². The fourth-order valence-electron chi connectivity index (χ4n) is 1.71. The molecule has 0 amide bonds. The zero-order chi connectivity index (χ0) is 12.5. The van der Waals surface area contributed by atoms with Gasteiger partial charge in [0.1, 0.15) is 0 Å². The summed E-state index contributed by atoms with van der Waals surface area (Å²) in [6.07, 6.45) is 7.46. The number of ether oxygens (including phenoxy) is 1. The van der Waals surface area contributed by atoms with Gasteiger partial charge in [0.25, 0.3) is 0 Å². The van der Waals surface area contributed by atoms with Crippen LogP contribution in [0.2, 0.25) is 0 Å². The highest BCUT2D eigenvalue weighted by Crippen LogP contribution is 2.26.